The number of likely N-dealkylation sites (N-methyl/N-ethyl adjacent to an activating group) is 1. The zero-order valence-electron chi connectivity index (χ0n) is 19.8. The Kier molecular flexibility index (Phi) is 7.87. The maximum absolute atomic E-state index is 13.0. The van der Waals surface area contributed by atoms with Gasteiger partial charge in [-0.15, -0.1) is 0 Å². The predicted molar refractivity (Wildman–Crippen MR) is 127 cm³/mol. The first-order valence-electron chi connectivity index (χ1n) is 11.0. The number of hydrogen-bond donors (Lipinski definition) is 0. The molecule has 2 aromatic carbocycles. The summed E-state index contributed by atoms with van der Waals surface area (Å²) in [5.41, 5.74) is 3.64. The van der Waals surface area contributed by atoms with Crippen molar-refractivity contribution in [2.75, 3.05) is 27.4 Å². The van der Waals surface area contributed by atoms with Crippen LogP contribution in [0.25, 0.3) is 10.9 Å². The average Bonchev–Trinajstić information content (AvgIpc) is 2.85. The van der Waals surface area contributed by atoms with E-state index in [0.29, 0.717) is 42.3 Å². The fourth-order valence-corrected chi connectivity index (χ4v) is 3.83. The van der Waals surface area contributed by atoms with Crippen molar-refractivity contribution in [3.8, 4) is 11.5 Å². The number of aromatic nitrogens is 1. The Morgan fingerprint density at radius 2 is 1.73 bits per heavy atom. The van der Waals surface area contributed by atoms with Crippen molar-refractivity contribution in [1.82, 2.24) is 9.88 Å². The highest BCUT2D eigenvalue weighted by Crippen LogP contribution is 2.28. The molecule has 3 rings (SSSR count). The third-order valence-electron chi connectivity index (χ3n) is 5.65. The van der Waals surface area contributed by atoms with E-state index in [9.17, 15) is 9.59 Å². The van der Waals surface area contributed by atoms with Gasteiger partial charge in [0.15, 0.2) is 18.1 Å². The fraction of sp³-hybridized carbons (Fsp3) is 0.346. The van der Waals surface area contributed by atoms with Gasteiger partial charge in [-0.2, -0.15) is 0 Å². The van der Waals surface area contributed by atoms with Gasteiger partial charge in [0, 0.05) is 18.5 Å². The van der Waals surface area contributed by atoms with Crippen molar-refractivity contribution >= 4 is 22.8 Å². The summed E-state index contributed by atoms with van der Waals surface area (Å²) < 4.78 is 16.1. The van der Waals surface area contributed by atoms with E-state index in [0.717, 1.165) is 22.0 Å². The summed E-state index contributed by atoms with van der Waals surface area (Å²) >= 11 is 0. The largest absolute Gasteiger partial charge is 0.493 e. The van der Waals surface area contributed by atoms with Gasteiger partial charge >= 0.3 is 5.97 Å². The molecule has 7 heteroatoms. The van der Waals surface area contributed by atoms with Gasteiger partial charge < -0.3 is 19.1 Å². The van der Waals surface area contributed by atoms with Crippen LogP contribution in [0.5, 0.6) is 11.5 Å². The minimum Gasteiger partial charge on any atom is -0.493 e. The smallest absolute Gasteiger partial charge is 0.340 e. The Morgan fingerprint density at radius 1 is 1.00 bits per heavy atom. The molecule has 0 radical (unpaired) electrons. The molecule has 0 spiro atoms. The lowest BCUT2D eigenvalue weighted by molar-refractivity contribution is -0.134. The number of fused-ring (bicyclic) bond motifs is 1. The first-order valence-corrected chi connectivity index (χ1v) is 11.0. The molecular weight excluding hydrogens is 420 g/mol. The zero-order chi connectivity index (χ0) is 24.0. The molecule has 33 heavy (non-hydrogen) atoms. The van der Waals surface area contributed by atoms with Gasteiger partial charge in [-0.25, -0.2) is 4.79 Å². The first-order chi connectivity index (χ1) is 15.9. The lowest BCUT2D eigenvalue weighted by Gasteiger charge is -2.22. The molecule has 0 N–H and O–H groups in total. The number of rotatable bonds is 9. The number of aryl methyl sites for hydroxylation is 2. The molecule has 0 aliphatic carbocycles. The molecule has 0 fully saturated rings. The number of pyridine rings is 1. The topological polar surface area (TPSA) is 78.0 Å². The van der Waals surface area contributed by atoms with E-state index >= 15 is 0 Å². The van der Waals surface area contributed by atoms with E-state index in [2.05, 4.69) is 4.98 Å². The molecule has 0 unspecified atom stereocenters. The second kappa shape index (κ2) is 10.8. The number of amides is 1. The van der Waals surface area contributed by atoms with Crippen LogP contribution in [0.3, 0.4) is 0 Å². The van der Waals surface area contributed by atoms with Gasteiger partial charge in [0.05, 0.1) is 31.0 Å². The number of hydrogen-bond acceptors (Lipinski definition) is 6. The summed E-state index contributed by atoms with van der Waals surface area (Å²) in [5.74, 6) is 0.412. The van der Waals surface area contributed by atoms with Crippen molar-refractivity contribution in [1.29, 1.82) is 0 Å². The number of ether oxygens (including phenoxy) is 3. The van der Waals surface area contributed by atoms with Crippen LogP contribution in [-0.2, 0) is 22.5 Å². The summed E-state index contributed by atoms with van der Waals surface area (Å²) in [7, 11) is 3.14. The third-order valence-corrected chi connectivity index (χ3v) is 5.65. The summed E-state index contributed by atoms with van der Waals surface area (Å²) in [4.78, 5) is 32.0. The van der Waals surface area contributed by atoms with Crippen LogP contribution >= 0.6 is 0 Å². The Balaban J connectivity index is 1.73. The molecule has 3 aromatic rings. The van der Waals surface area contributed by atoms with Crippen LogP contribution in [0, 0.1) is 6.92 Å². The summed E-state index contributed by atoms with van der Waals surface area (Å²) in [6.07, 6.45) is 0.588. The average molecular weight is 451 g/mol. The molecule has 0 saturated carbocycles. The van der Waals surface area contributed by atoms with Crippen molar-refractivity contribution in [3.63, 3.8) is 0 Å². The Bertz CT molecular complexity index is 1160. The molecule has 0 atom stereocenters. The fourth-order valence-electron chi connectivity index (χ4n) is 3.83. The standard InChI is InChI=1S/C26H30N2O5/c1-6-20-25(17(3)19-10-8-9-11-21(19)27-20)26(30)33-16-24(29)28(7-2)15-18-12-13-22(31-4)23(14-18)32-5/h8-14H,6-7,15-16H2,1-5H3. The van der Waals surface area contributed by atoms with E-state index in [1.807, 2.05) is 57.2 Å². The summed E-state index contributed by atoms with van der Waals surface area (Å²) in [6, 6.07) is 13.2. The van der Waals surface area contributed by atoms with E-state index in [1.54, 1.807) is 25.2 Å². The van der Waals surface area contributed by atoms with E-state index < -0.39 is 5.97 Å². The normalized spacial score (nSPS) is 10.7. The number of esters is 1. The van der Waals surface area contributed by atoms with Crippen molar-refractivity contribution < 1.29 is 23.8 Å². The van der Waals surface area contributed by atoms with Gasteiger partial charge in [0.2, 0.25) is 0 Å². The maximum Gasteiger partial charge on any atom is 0.340 e. The molecular formula is C26H30N2O5. The first kappa shape index (κ1) is 24.0. The molecule has 0 aliphatic rings. The number of nitrogens with zero attached hydrogens (tertiary/aromatic N) is 2. The molecule has 0 aliphatic heterocycles. The quantitative estimate of drug-likeness (QED) is 0.452. The number of carbonyl (C=O) groups excluding carboxylic acids is 2. The van der Waals surface area contributed by atoms with Crippen LogP contribution in [-0.4, -0.2) is 49.1 Å². The molecule has 1 amide bonds. The van der Waals surface area contributed by atoms with Crippen LogP contribution in [0.2, 0.25) is 0 Å². The lowest BCUT2D eigenvalue weighted by Crippen LogP contribution is -2.34. The molecule has 1 heterocycles. The highest BCUT2D eigenvalue weighted by atomic mass is 16.5. The molecule has 174 valence electrons. The van der Waals surface area contributed by atoms with E-state index in [1.165, 1.54) is 0 Å². The number of para-hydroxylation sites is 1. The third kappa shape index (κ3) is 5.25. The van der Waals surface area contributed by atoms with Crippen LogP contribution in [0.4, 0.5) is 0 Å². The van der Waals surface area contributed by atoms with Gasteiger partial charge in [-0.3, -0.25) is 9.78 Å². The summed E-state index contributed by atoms with van der Waals surface area (Å²) in [5, 5.41) is 0.900. The molecule has 0 bridgehead atoms. The number of benzene rings is 2. The zero-order valence-corrected chi connectivity index (χ0v) is 19.8. The van der Waals surface area contributed by atoms with Crippen molar-refractivity contribution in [2.45, 2.75) is 33.7 Å². The van der Waals surface area contributed by atoms with Gasteiger partial charge in [0.25, 0.3) is 5.91 Å². The lowest BCUT2D eigenvalue weighted by atomic mass is 10.0. The summed E-state index contributed by atoms with van der Waals surface area (Å²) in [6.45, 7) is 6.21. The Morgan fingerprint density at radius 3 is 2.39 bits per heavy atom. The van der Waals surface area contributed by atoms with Gasteiger partial charge in [-0.1, -0.05) is 31.2 Å². The van der Waals surface area contributed by atoms with Gasteiger partial charge in [-0.05, 0) is 49.6 Å². The Hall–Kier alpha value is -3.61. The van der Waals surface area contributed by atoms with Crippen molar-refractivity contribution in [2.24, 2.45) is 0 Å². The number of carbonyl (C=O) groups is 2. The minimum absolute atomic E-state index is 0.273. The van der Waals surface area contributed by atoms with Crippen LogP contribution in [0.15, 0.2) is 42.5 Å². The second-order valence-corrected chi connectivity index (χ2v) is 7.60. The van der Waals surface area contributed by atoms with Gasteiger partial charge in [0.1, 0.15) is 0 Å². The Labute approximate surface area is 194 Å². The van der Waals surface area contributed by atoms with E-state index in [4.69, 9.17) is 14.2 Å². The van der Waals surface area contributed by atoms with E-state index in [-0.39, 0.29) is 12.5 Å². The van der Waals surface area contributed by atoms with Crippen molar-refractivity contribution in [3.05, 3.63) is 64.8 Å². The maximum atomic E-state index is 13.0. The monoisotopic (exact) mass is 450 g/mol. The highest BCUT2D eigenvalue weighted by molar-refractivity contribution is 5.99. The SMILES string of the molecule is CCc1nc2ccccc2c(C)c1C(=O)OCC(=O)N(CC)Cc1ccc(OC)c(OC)c1. The van der Waals surface area contributed by atoms with Crippen LogP contribution in [0.1, 0.15) is 41.0 Å². The minimum atomic E-state index is -0.530. The molecule has 0 saturated heterocycles. The molecule has 7 nitrogen and oxygen atoms in total. The second-order valence-electron chi connectivity index (χ2n) is 7.60. The van der Waals surface area contributed by atoms with Crippen LogP contribution < -0.4 is 9.47 Å². The molecule has 1 aromatic heterocycles. The number of methoxy groups -OCH3 is 2. The highest BCUT2D eigenvalue weighted by Gasteiger charge is 2.21. The predicted octanol–water partition coefficient (Wildman–Crippen LogP) is 4.33.